The van der Waals surface area contributed by atoms with E-state index in [-0.39, 0.29) is 18.8 Å². The Balaban J connectivity index is 1.85. The predicted molar refractivity (Wildman–Crippen MR) is 58.3 cm³/mol. The van der Waals surface area contributed by atoms with Crippen molar-refractivity contribution < 1.29 is 0 Å². The molecule has 0 aliphatic carbocycles. The average Bonchev–Trinajstić information content (AvgIpc) is 1.75. The van der Waals surface area contributed by atoms with E-state index in [2.05, 4.69) is 43.3 Å². The Hall–Kier alpha value is 1.87. The summed E-state index contributed by atoms with van der Waals surface area (Å²) >= 11 is 2.07. The minimum absolute atomic E-state index is 0.0813. The molecule has 0 saturated carbocycles. The topological polar surface area (TPSA) is 0 Å². The van der Waals surface area contributed by atoms with Crippen molar-refractivity contribution in [3.8, 4) is 0 Å². The number of thioether (sulfide) groups is 1. The van der Waals surface area contributed by atoms with Crippen molar-refractivity contribution in [2.24, 2.45) is 0 Å². The van der Waals surface area contributed by atoms with Crippen LogP contribution >= 0.6 is 29.5 Å². The third-order valence-corrected chi connectivity index (χ3v) is 17.5. The van der Waals surface area contributed by atoms with Gasteiger partial charge in [0.1, 0.15) is 0 Å². The fourth-order valence-electron chi connectivity index (χ4n) is 0.485. The fraction of sp³-hybridized carbons (Fsp3) is 1.00. The van der Waals surface area contributed by atoms with E-state index in [4.69, 9.17) is 0 Å². The van der Waals surface area contributed by atoms with Gasteiger partial charge in [-0.25, -0.2) is 0 Å². The van der Waals surface area contributed by atoms with E-state index in [0.29, 0.717) is 0 Å². The Morgan fingerprint density at radius 2 is 2.30 bits per heavy atom. The second-order valence-electron chi connectivity index (χ2n) is 2.46. The summed E-state index contributed by atoms with van der Waals surface area (Å²) in [6.45, 7) is 4.61. The predicted octanol–water partition coefficient (Wildman–Crippen LogP) is 2.59. The Bertz CT molecular complexity index is 93.0. The maximum atomic E-state index is 2.31. The van der Waals surface area contributed by atoms with Crippen LogP contribution in [-0.2, 0) is 0 Å². The number of hydrogen-bond donors (Lipinski definition) is 0. The van der Waals surface area contributed by atoms with Crippen LogP contribution < -0.4 is 0 Å². The van der Waals surface area contributed by atoms with Crippen molar-refractivity contribution >= 4 is 48.3 Å². The van der Waals surface area contributed by atoms with E-state index >= 15 is 0 Å². The Morgan fingerprint density at radius 3 is 2.70 bits per heavy atom. The molecule has 0 N–H and O–H groups in total. The molecule has 0 aromatic heterocycles. The first-order valence-corrected chi connectivity index (χ1v) is 13.3. The fourth-order valence-corrected chi connectivity index (χ4v) is 17.6. The molecule has 0 bridgehead atoms. The van der Waals surface area contributed by atoms with Gasteiger partial charge < -0.3 is 0 Å². The molecule has 1 aliphatic heterocycles. The first-order valence-electron chi connectivity index (χ1n) is 3.47. The van der Waals surface area contributed by atoms with Crippen LogP contribution in [0.2, 0.25) is 0 Å². The molecule has 1 heterocycles. The minimum atomic E-state index is -0.0813. The van der Waals surface area contributed by atoms with Crippen LogP contribution in [0.15, 0.2) is 0 Å². The molecule has 1 rings (SSSR count). The summed E-state index contributed by atoms with van der Waals surface area (Å²) in [5, 5.41) is 0.879. The van der Waals surface area contributed by atoms with Crippen molar-refractivity contribution in [2.45, 2.75) is 30.1 Å². The van der Waals surface area contributed by atoms with Gasteiger partial charge in [-0.05, 0) is 0 Å². The Labute approximate surface area is 83.4 Å². The molecule has 1 unspecified atom stereocenters. The number of hydrogen-bond acceptors (Lipinski definition) is 3. The van der Waals surface area contributed by atoms with E-state index in [1.807, 2.05) is 0 Å². The van der Waals surface area contributed by atoms with Crippen LogP contribution in [0.25, 0.3) is 0 Å². The first kappa shape index (κ1) is 9.95. The summed E-state index contributed by atoms with van der Waals surface area (Å²) in [6.07, 6.45) is 1.48. The van der Waals surface area contributed by atoms with E-state index in [9.17, 15) is 0 Å². The summed E-state index contributed by atoms with van der Waals surface area (Å²) in [4.78, 5) is 0. The summed E-state index contributed by atoms with van der Waals surface area (Å²) in [5.74, 6) is 1.42. The molecule has 1 aliphatic rings. The SMILES string of the molecule is CC(C)[S][SbH][S]C1CCS1. The van der Waals surface area contributed by atoms with Crippen LogP contribution in [0.4, 0.5) is 0 Å². The molecule has 0 aromatic rings. The van der Waals surface area contributed by atoms with Gasteiger partial charge >= 0.3 is 84.1 Å². The van der Waals surface area contributed by atoms with Gasteiger partial charge in [0.2, 0.25) is 0 Å². The summed E-state index contributed by atoms with van der Waals surface area (Å²) in [7, 11) is 4.52. The average molecular weight is 303 g/mol. The molecule has 1 fully saturated rings. The van der Waals surface area contributed by atoms with Crippen LogP contribution in [0, 0.1) is 0 Å². The normalized spacial score (nSPS) is 24.9. The van der Waals surface area contributed by atoms with Crippen LogP contribution in [-0.4, -0.2) is 34.4 Å². The van der Waals surface area contributed by atoms with E-state index in [0.717, 1.165) is 9.83 Å². The van der Waals surface area contributed by atoms with Crippen LogP contribution in [0.1, 0.15) is 20.3 Å². The molecule has 1 saturated heterocycles. The van der Waals surface area contributed by atoms with Gasteiger partial charge in [-0.15, -0.1) is 0 Å². The molecule has 0 aromatic carbocycles. The van der Waals surface area contributed by atoms with Crippen LogP contribution in [0.3, 0.4) is 0 Å². The monoisotopic (exact) mass is 302 g/mol. The molecule has 1 atom stereocenters. The molecule has 10 heavy (non-hydrogen) atoms. The molecule has 0 spiro atoms. The zero-order chi connectivity index (χ0) is 7.40. The van der Waals surface area contributed by atoms with Gasteiger partial charge in [0.05, 0.1) is 0 Å². The standard InChI is InChI=1S/C3H6S2.C3H8S.Sb.H/c4-3-1-2-5-3;1-3(2)4;;/h3-4H,1-2H2;3-4H,1-2H3;;/q;;+2;/p-2. The van der Waals surface area contributed by atoms with Gasteiger partial charge in [-0.2, -0.15) is 0 Å². The molecule has 0 radical (unpaired) electrons. The summed E-state index contributed by atoms with van der Waals surface area (Å²) < 4.78 is 1.01. The van der Waals surface area contributed by atoms with E-state index in [1.165, 1.54) is 12.2 Å². The Kier molecular flexibility index (Phi) is 5.48. The molecule has 0 nitrogen and oxygen atoms in total. The molecular formula is C6H13S3Sb. The van der Waals surface area contributed by atoms with Crippen molar-refractivity contribution in [1.29, 1.82) is 0 Å². The van der Waals surface area contributed by atoms with Gasteiger partial charge in [0, 0.05) is 0 Å². The maximum absolute atomic E-state index is 2.31. The van der Waals surface area contributed by atoms with Gasteiger partial charge in [-0.1, -0.05) is 0 Å². The van der Waals surface area contributed by atoms with Crippen molar-refractivity contribution in [2.75, 3.05) is 5.75 Å². The van der Waals surface area contributed by atoms with E-state index < -0.39 is 0 Å². The van der Waals surface area contributed by atoms with Gasteiger partial charge in [0.25, 0.3) is 0 Å². The van der Waals surface area contributed by atoms with Crippen LogP contribution in [0.5, 0.6) is 0 Å². The number of rotatable bonds is 4. The first-order chi connectivity index (χ1) is 4.79. The third-order valence-electron chi connectivity index (χ3n) is 1.12. The van der Waals surface area contributed by atoms with Gasteiger partial charge in [-0.3, -0.25) is 0 Å². The van der Waals surface area contributed by atoms with Gasteiger partial charge in [0.15, 0.2) is 0 Å². The zero-order valence-electron chi connectivity index (χ0n) is 6.29. The van der Waals surface area contributed by atoms with E-state index in [1.54, 1.807) is 0 Å². The Morgan fingerprint density at radius 1 is 1.60 bits per heavy atom. The molecule has 4 heteroatoms. The molecule has 60 valence electrons. The third kappa shape index (κ3) is 4.04. The molecular weight excluding hydrogens is 290 g/mol. The second-order valence-corrected chi connectivity index (χ2v) is 15.0. The quantitative estimate of drug-likeness (QED) is 0.733. The zero-order valence-corrected chi connectivity index (χ0v) is 11.6. The van der Waals surface area contributed by atoms with Crippen molar-refractivity contribution in [1.82, 2.24) is 0 Å². The summed E-state index contributed by atoms with van der Waals surface area (Å²) in [5.41, 5.74) is 0. The van der Waals surface area contributed by atoms with Crippen molar-refractivity contribution in [3.63, 3.8) is 0 Å². The van der Waals surface area contributed by atoms with Crippen molar-refractivity contribution in [3.05, 3.63) is 0 Å². The molecule has 0 amide bonds. The second kappa shape index (κ2) is 5.50. The summed E-state index contributed by atoms with van der Waals surface area (Å²) in [6, 6.07) is 0.